The van der Waals surface area contributed by atoms with E-state index in [1.54, 1.807) is 12.0 Å². The molecular formula is C13H22N2O4. The molecule has 2 amide bonds. The number of rotatable bonds is 3. The van der Waals surface area contributed by atoms with Crippen molar-refractivity contribution in [2.24, 2.45) is 11.8 Å². The first-order chi connectivity index (χ1) is 9.04. The third-order valence-corrected chi connectivity index (χ3v) is 4.16. The molecule has 0 radical (unpaired) electrons. The topological polar surface area (TPSA) is 70.1 Å². The first kappa shape index (κ1) is 14.1. The summed E-state index contributed by atoms with van der Waals surface area (Å²) in [6.45, 7) is 4.46. The summed E-state index contributed by atoms with van der Waals surface area (Å²) in [5, 5.41) is 9.25. The molecule has 1 N–H and O–H groups in total. The smallest absolute Gasteiger partial charge is 0.326 e. The molecule has 6 nitrogen and oxygen atoms in total. The fraction of sp³-hybridized carbons (Fsp3) is 0.846. The van der Waals surface area contributed by atoms with Gasteiger partial charge in [0.2, 0.25) is 0 Å². The summed E-state index contributed by atoms with van der Waals surface area (Å²) in [4.78, 5) is 27.0. The Balaban J connectivity index is 1.98. The highest BCUT2D eigenvalue weighted by Crippen LogP contribution is 2.27. The molecule has 0 aromatic rings. The second-order valence-electron chi connectivity index (χ2n) is 5.58. The zero-order chi connectivity index (χ0) is 14.0. The summed E-state index contributed by atoms with van der Waals surface area (Å²) in [5.41, 5.74) is 0. The molecule has 2 heterocycles. The van der Waals surface area contributed by atoms with Gasteiger partial charge >= 0.3 is 12.0 Å². The highest BCUT2D eigenvalue weighted by molar-refractivity contribution is 5.83. The number of hydrogen-bond acceptors (Lipinski definition) is 3. The predicted molar refractivity (Wildman–Crippen MR) is 68.9 cm³/mol. The van der Waals surface area contributed by atoms with Gasteiger partial charge in [-0.25, -0.2) is 9.59 Å². The van der Waals surface area contributed by atoms with Crippen molar-refractivity contribution >= 4 is 12.0 Å². The largest absolute Gasteiger partial charge is 0.480 e. The van der Waals surface area contributed by atoms with E-state index in [1.807, 2.05) is 6.92 Å². The monoisotopic (exact) mass is 270 g/mol. The van der Waals surface area contributed by atoms with E-state index in [1.165, 1.54) is 4.90 Å². The van der Waals surface area contributed by atoms with Gasteiger partial charge in [0.15, 0.2) is 0 Å². The van der Waals surface area contributed by atoms with Gasteiger partial charge in [0.25, 0.3) is 0 Å². The van der Waals surface area contributed by atoms with Crippen molar-refractivity contribution < 1.29 is 19.4 Å². The molecule has 0 aliphatic carbocycles. The Bertz CT molecular complexity index is 361. The third kappa shape index (κ3) is 2.83. The molecule has 0 aromatic heterocycles. The molecule has 0 saturated carbocycles. The van der Waals surface area contributed by atoms with Crippen LogP contribution in [0.2, 0.25) is 0 Å². The van der Waals surface area contributed by atoms with Crippen molar-refractivity contribution in [3.63, 3.8) is 0 Å². The lowest BCUT2D eigenvalue weighted by atomic mass is 10.0. The fourth-order valence-electron chi connectivity index (χ4n) is 3.10. The van der Waals surface area contributed by atoms with E-state index in [0.29, 0.717) is 32.2 Å². The molecule has 0 aromatic carbocycles. The summed E-state index contributed by atoms with van der Waals surface area (Å²) in [7, 11) is 1.66. The molecule has 6 heteroatoms. The first-order valence-electron chi connectivity index (χ1n) is 6.82. The first-order valence-corrected chi connectivity index (χ1v) is 6.82. The summed E-state index contributed by atoms with van der Waals surface area (Å²) < 4.78 is 5.11. The number of aliphatic carboxylic acids is 1. The average Bonchev–Trinajstić information content (AvgIpc) is 2.95. The number of urea groups is 1. The van der Waals surface area contributed by atoms with E-state index in [4.69, 9.17) is 4.74 Å². The molecule has 2 aliphatic heterocycles. The maximum Gasteiger partial charge on any atom is 0.326 e. The Kier molecular flexibility index (Phi) is 4.29. The van der Waals surface area contributed by atoms with E-state index in [2.05, 4.69) is 0 Å². The fourth-order valence-corrected chi connectivity index (χ4v) is 3.10. The van der Waals surface area contributed by atoms with Crippen molar-refractivity contribution in [2.75, 3.05) is 33.4 Å². The van der Waals surface area contributed by atoms with Gasteiger partial charge in [-0.3, -0.25) is 0 Å². The van der Waals surface area contributed by atoms with Gasteiger partial charge in [-0.05, 0) is 18.8 Å². The van der Waals surface area contributed by atoms with Gasteiger partial charge in [-0.1, -0.05) is 6.92 Å². The van der Waals surface area contributed by atoms with Crippen LogP contribution in [0.1, 0.15) is 19.8 Å². The van der Waals surface area contributed by atoms with Gasteiger partial charge in [0, 0.05) is 32.7 Å². The highest BCUT2D eigenvalue weighted by atomic mass is 16.5. The van der Waals surface area contributed by atoms with Crippen LogP contribution in [0.4, 0.5) is 4.79 Å². The van der Waals surface area contributed by atoms with Gasteiger partial charge in [-0.15, -0.1) is 0 Å². The van der Waals surface area contributed by atoms with E-state index < -0.39 is 12.0 Å². The van der Waals surface area contributed by atoms with Crippen LogP contribution in [0.15, 0.2) is 0 Å². The van der Waals surface area contributed by atoms with Crippen molar-refractivity contribution in [1.82, 2.24) is 9.80 Å². The number of likely N-dealkylation sites (tertiary alicyclic amines) is 2. The lowest BCUT2D eigenvalue weighted by molar-refractivity contribution is -0.142. The SMILES string of the molecule is COCC1CCN(C(=O)N2CCC(C)C2C(=O)O)C1. The molecule has 2 saturated heterocycles. The standard InChI is InChI=1S/C13H22N2O4/c1-9-3-6-15(11(9)12(16)17)13(18)14-5-4-10(7-14)8-19-2/h9-11H,3-8H2,1-2H3,(H,16,17). The highest BCUT2D eigenvalue weighted by Gasteiger charge is 2.42. The Morgan fingerprint density at radius 3 is 2.68 bits per heavy atom. The molecule has 0 spiro atoms. The number of methoxy groups -OCH3 is 1. The molecule has 0 bridgehead atoms. The number of carbonyl (C=O) groups is 2. The van der Waals surface area contributed by atoms with Gasteiger partial charge in [0.1, 0.15) is 6.04 Å². The van der Waals surface area contributed by atoms with Gasteiger partial charge in [-0.2, -0.15) is 0 Å². The number of ether oxygens (including phenoxy) is 1. The van der Waals surface area contributed by atoms with Crippen molar-refractivity contribution in [3.05, 3.63) is 0 Å². The van der Waals surface area contributed by atoms with Crippen molar-refractivity contribution in [2.45, 2.75) is 25.8 Å². The van der Waals surface area contributed by atoms with Crippen LogP contribution in [-0.2, 0) is 9.53 Å². The predicted octanol–water partition coefficient (Wildman–Crippen LogP) is 0.870. The summed E-state index contributed by atoms with van der Waals surface area (Å²) >= 11 is 0. The number of hydrogen-bond donors (Lipinski definition) is 1. The van der Waals surface area contributed by atoms with Crippen LogP contribution in [0.5, 0.6) is 0 Å². The van der Waals surface area contributed by atoms with Crippen molar-refractivity contribution in [1.29, 1.82) is 0 Å². The quantitative estimate of drug-likeness (QED) is 0.826. The number of carbonyl (C=O) groups excluding carboxylic acids is 1. The van der Waals surface area contributed by atoms with E-state index >= 15 is 0 Å². The van der Waals surface area contributed by atoms with Crippen LogP contribution in [0.25, 0.3) is 0 Å². The molecule has 3 atom stereocenters. The Morgan fingerprint density at radius 2 is 2.05 bits per heavy atom. The molecule has 3 unspecified atom stereocenters. The van der Waals surface area contributed by atoms with Crippen LogP contribution in [0, 0.1) is 11.8 Å². The normalized spacial score (nSPS) is 30.9. The Morgan fingerprint density at radius 1 is 1.32 bits per heavy atom. The zero-order valence-electron chi connectivity index (χ0n) is 11.5. The summed E-state index contributed by atoms with van der Waals surface area (Å²) in [6, 6.07) is -0.802. The van der Waals surface area contributed by atoms with E-state index in [0.717, 1.165) is 12.8 Å². The number of nitrogens with zero attached hydrogens (tertiary/aromatic N) is 2. The second kappa shape index (κ2) is 5.77. The minimum atomic E-state index is -0.897. The molecule has 2 rings (SSSR count). The Hall–Kier alpha value is -1.30. The minimum absolute atomic E-state index is 0.0267. The third-order valence-electron chi connectivity index (χ3n) is 4.16. The molecule has 2 fully saturated rings. The maximum absolute atomic E-state index is 12.4. The summed E-state index contributed by atoms with van der Waals surface area (Å²) in [6.07, 6.45) is 1.69. The van der Waals surface area contributed by atoms with E-state index in [9.17, 15) is 14.7 Å². The number of carboxylic acid groups (broad SMARTS) is 1. The van der Waals surface area contributed by atoms with Crippen LogP contribution >= 0.6 is 0 Å². The molecular weight excluding hydrogens is 248 g/mol. The lowest BCUT2D eigenvalue weighted by Crippen LogP contribution is -2.48. The second-order valence-corrected chi connectivity index (χ2v) is 5.58. The minimum Gasteiger partial charge on any atom is -0.480 e. The average molecular weight is 270 g/mol. The number of amides is 2. The van der Waals surface area contributed by atoms with Crippen LogP contribution in [0.3, 0.4) is 0 Å². The van der Waals surface area contributed by atoms with Crippen LogP contribution in [-0.4, -0.2) is 66.3 Å². The molecule has 2 aliphatic rings. The summed E-state index contributed by atoms with van der Waals surface area (Å²) in [5.74, 6) is -0.498. The molecule has 108 valence electrons. The maximum atomic E-state index is 12.4. The molecule has 19 heavy (non-hydrogen) atoms. The van der Waals surface area contributed by atoms with Gasteiger partial charge < -0.3 is 19.6 Å². The Labute approximate surface area is 113 Å². The van der Waals surface area contributed by atoms with Gasteiger partial charge in [0.05, 0.1) is 6.61 Å². The van der Waals surface area contributed by atoms with E-state index in [-0.39, 0.29) is 11.9 Å². The zero-order valence-corrected chi connectivity index (χ0v) is 11.5. The number of carboxylic acids is 1. The van der Waals surface area contributed by atoms with Crippen LogP contribution < -0.4 is 0 Å². The lowest BCUT2D eigenvalue weighted by Gasteiger charge is -2.28. The van der Waals surface area contributed by atoms with Crippen molar-refractivity contribution in [3.8, 4) is 0 Å².